The van der Waals surface area contributed by atoms with E-state index in [1.54, 1.807) is 0 Å². The quantitative estimate of drug-likeness (QED) is 0.290. The molecule has 1 aliphatic carbocycles. The first kappa shape index (κ1) is 22.8. The largest absolute Gasteiger partial charge is 0.340 e. The van der Waals surface area contributed by atoms with Crippen LogP contribution in [0.2, 0.25) is 0 Å². The third kappa shape index (κ3) is 5.17. The van der Waals surface area contributed by atoms with Crippen LogP contribution in [0, 0.1) is 26.7 Å². The fourth-order valence-corrected chi connectivity index (χ4v) is 4.50. The zero-order valence-electron chi connectivity index (χ0n) is 20.2. The predicted octanol–water partition coefficient (Wildman–Crippen LogP) is 7.21. The van der Waals surface area contributed by atoms with Crippen molar-refractivity contribution >= 4 is 18.0 Å². The van der Waals surface area contributed by atoms with Crippen molar-refractivity contribution in [3.05, 3.63) is 125 Å². The van der Waals surface area contributed by atoms with E-state index < -0.39 is 0 Å². The molecule has 3 aromatic rings. The van der Waals surface area contributed by atoms with Gasteiger partial charge in [0.25, 0.3) is 0 Å². The monoisotopic (exact) mass is 429 g/mol. The highest BCUT2D eigenvalue weighted by molar-refractivity contribution is 6.79. The summed E-state index contributed by atoms with van der Waals surface area (Å²) >= 11 is 0. The highest BCUT2D eigenvalue weighted by Crippen LogP contribution is 2.28. The Balaban J connectivity index is 1.82. The summed E-state index contributed by atoms with van der Waals surface area (Å²) in [6.45, 7) is 13.1. The maximum Gasteiger partial charge on any atom is 0.340 e. The van der Waals surface area contributed by atoms with E-state index >= 15 is 0 Å². The van der Waals surface area contributed by atoms with Crippen LogP contribution in [0.5, 0.6) is 0 Å². The molecule has 0 unspecified atom stereocenters. The van der Waals surface area contributed by atoms with Crippen molar-refractivity contribution in [2.45, 2.75) is 34.1 Å². The first-order valence-electron chi connectivity index (χ1n) is 11.7. The molecule has 0 N–H and O–H groups in total. The van der Waals surface area contributed by atoms with Crippen LogP contribution >= 0.6 is 0 Å². The standard InChI is InChI=1S/C31H32BN/c1-22-16-17-23(2)30(20-22)31-21-29(19-18-24(31)3)32(25(4)27-12-8-6-9-13-27)33-26(5)28-14-10-7-11-15-28/h6-12,14-21,27H,4,13H2,1-3,5H3/b33-26+/t27-/m0/s1. The Hall–Kier alpha value is -3.39. The lowest BCUT2D eigenvalue weighted by Crippen LogP contribution is -2.35. The van der Waals surface area contributed by atoms with Gasteiger partial charge >= 0.3 is 6.85 Å². The van der Waals surface area contributed by atoms with Crippen LogP contribution in [0.3, 0.4) is 0 Å². The van der Waals surface area contributed by atoms with Gasteiger partial charge in [-0.25, -0.2) is 0 Å². The summed E-state index contributed by atoms with van der Waals surface area (Å²) in [5.41, 5.74) is 10.9. The molecule has 0 radical (unpaired) electrons. The molecule has 2 heteroatoms. The molecule has 1 atom stereocenters. The molecule has 3 aromatic carbocycles. The van der Waals surface area contributed by atoms with E-state index in [-0.39, 0.29) is 12.8 Å². The zero-order valence-corrected chi connectivity index (χ0v) is 20.2. The second kappa shape index (κ2) is 10.0. The van der Waals surface area contributed by atoms with Gasteiger partial charge in [-0.05, 0) is 73.3 Å². The molecular formula is C31H32BN. The molecule has 4 rings (SSSR count). The van der Waals surface area contributed by atoms with Crippen LogP contribution < -0.4 is 5.46 Å². The highest BCUT2D eigenvalue weighted by atomic mass is 14.7. The predicted molar refractivity (Wildman–Crippen MR) is 146 cm³/mol. The summed E-state index contributed by atoms with van der Waals surface area (Å²) in [7, 11) is 0. The van der Waals surface area contributed by atoms with Gasteiger partial charge in [0, 0.05) is 5.71 Å². The molecule has 1 nitrogen and oxygen atoms in total. The molecule has 0 bridgehead atoms. The summed E-state index contributed by atoms with van der Waals surface area (Å²) in [5.74, 6) is 0.290. The highest BCUT2D eigenvalue weighted by Gasteiger charge is 2.26. The Labute approximate surface area is 199 Å². The van der Waals surface area contributed by atoms with Crippen LogP contribution in [-0.4, -0.2) is 12.6 Å². The number of nitrogens with zero attached hydrogens (tertiary/aromatic N) is 1. The Bertz CT molecular complexity index is 1250. The van der Waals surface area contributed by atoms with Crippen LogP contribution in [-0.2, 0) is 0 Å². The molecule has 33 heavy (non-hydrogen) atoms. The van der Waals surface area contributed by atoms with Gasteiger partial charge in [0.05, 0.1) is 0 Å². The number of allylic oxidation sites excluding steroid dienone is 5. The van der Waals surface area contributed by atoms with Crippen molar-refractivity contribution in [3.63, 3.8) is 0 Å². The minimum Gasteiger partial charge on any atom is -0.333 e. The van der Waals surface area contributed by atoms with E-state index in [0.717, 1.165) is 23.2 Å². The summed E-state index contributed by atoms with van der Waals surface area (Å²) in [4.78, 5) is 5.26. The van der Waals surface area contributed by atoms with E-state index in [1.165, 1.54) is 33.3 Å². The lowest BCUT2D eigenvalue weighted by Gasteiger charge is -2.22. The van der Waals surface area contributed by atoms with Crippen molar-refractivity contribution in [1.82, 2.24) is 0 Å². The van der Waals surface area contributed by atoms with Gasteiger partial charge in [-0.15, -0.1) is 6.58 Å². The van der Waals surface area contributed by atoms with Gasteiger partial charge in [-0.1, -0.05) is 102 Å². The van der Waals surface area contributed by atoms with Gasteiger partial charge < -0.3 is 4.90 Å². The van der Waals surface area contributed by atoms with Crippen molar-refractivity contribution < 1.29 is 0 Å². The van der Waals surface area contributed by atoms with Crippen molar-refractivity contribution in [1.29, 1.82) is 0 Å². The smallest absolute Gasteiger partial charge is 0.333 e. The van der Waals surface area contributed by atoms with E-state index in [4.69, 9.17) is 4.90 Å². The van der Waals surface area contributed by atoms with Crippen LogP contribution in [0.25, 0.3) is 11.1 Å². The third-order valence-electron chi connectivity index (χ3n) is 6.58. The number of rotatable bonds is 6. The van der Waals surface area contributed by atoms with Crippen LogP contribution in [0.4, 0.5) is 0 Å². The lowest BCUT2D eigenvalue weighted by atomic mass is 9.47. The first-order valence-corrected chi connectivity index (χ1v) is 11.7. The van der Waals surface area contributed by atoms with E-state index in [1.807, 2.05) is 6.07 Å². The summed E-state index contributed by atoms with van der Waals surface area (Å²) < 4.78 is 0. The van der Waals surface area contributed by atoms with Gasteiger partial charge in [0.2, 0.25) is 0 Å². The maximum atomic E-state index is 5.26. The fourth-order valence-electron chi connectivity index (χ4n) is 4.50. The molecule has 0 fully saturated rings. The Kier molecular flexibility index (Phi) is 6.94. The number of hydrogen-bond acceptors (Lipinski definition) is 1. The van der Waals surface area contributed by atoms with Gasteiger partial charge in [0.15, 0.2) is 0 Å². The fraction of sp³-hybridized carbons (Fsp3) is 0.194. The average Bonchev–Trinajstić information content (AvgIpc) is 2.85. The molecule has 1 aliphatic rings. The van der Waals surface area contributed by atoms with Crippen LogP contribution in [0.1, 0.15) is 35.6 Å². The zero-order chi connectivity index (χ0) is 23.4. The molecule has 0 saturated heterocycles. The molecule has 0 heterocycles. The lowest BCUT2D eigenvalue weighted by molar-refractivity contribution is 0.803. The number of aryl methyl sites for hydroxylation is 3. The van der Waals surface area contributed by atoms with Crippen molar-refractivity contribution in [2.75, 3.05) is 0 Å². The third-order valence-corrected chi connectivity index (χ3v) is 6.58. The number of benzene rings is 3. The first-order chi connectivity index (χ1) is 15.9. The summed E-state index contributed by atoms with van der Waals surface area (Å²) in [5, 5.41) is 0. The van der Waals surface area contributed by atoms with E-state index in [9.17, 15) is 0 Å². The molecule has 164 valence electrons. The molecule has 0 amide bonds. The minimum atomic E-state index is -0.101. The average molecular weight is 429 g/mol. The van der Waals surface area contributed by atoms with E-state index in [2.05, 4.69) is 119 Å². The summed E-state index contributed by atoms with van der Waals surface area (Å²) in [6, 6.07) is 23.9. The second-order valence-electron chi connectivity index (χ2n) is 9.11. The van der Waals surface area contributed by atoms with E-state index in [0.29, 0.717) is 0 Å². The Morgan fingerprint density at radius 1 is 0.879 bits per heavy atom. The molecule has 0 saturated carbocycles. The molecular weight excluding hydrogens is 397 g/mol. The maximum absolute atomic E-state index is 5.26. The second-order valence-corrected chi connectivity index (χ2v) is 9.11. The van der Waals surface area contributed by atoms with Gasteiger partial charge in [-0.3, -0.25) is 0 Å². The SMILES string of the molecule is C=C(B(/N=C(\C)c1ccccc1)c1ccc(C)c(-c2cc(C)ccc2C)c1)[C@H]1C=CC=CC1. The van der Waals surface area contributed by atoms with Crippen molar-refractivity contribution in [3.8, 4) is 11.1 Å². The van der Waals surface area contributed by atoms with Gasteiger partial charge in [0.1, 0.15) is 0 Å². The molecule has 0 aliphatic heterocycles. The minimum absolute atomic E-state index is 0.101. The normalized spacial score (nSPS) is 15.5. The Morgan fingerprint density at radius 2 is 1.58 bits per heavy atom. The Morgan fingerprint density at radius 3 is 2.27 bits per heavy atom. The molecule has 0 spiro atoms. The number of hydrogen-bond donors (Lipinski definition) is 0. The van der Waals surface area contributed by atoms with Gasteiger partial charge in [-0.2, -0.15) is 0 Å². The van der Waals surface area contributed by atoms with Crippen molar-refractivity contribution in [2.24, 2.45) is 10.8 Å². The summed E-state index contributed by atoms with van der Waals surface area (Å²) in [6.07, 6.45) is 9.68. The molecule has 0 aromatic heterocycles. The van der Waals surface area contributed by atoms with Crippen LogP contribution in [0.15, 0.2) is 108 Å². The topological polar surface area (TPSA) is 12.4 Å².